The molecule has 0 fully saturated rings. The van der Waals surface area contributed by atoms with E-state index < -0.39 is 5.97 Å². The Labute approximate surface area is 122 Å². The van der Waals surface area contributed by atoms with Crippen molar-refractivity contribution in [1.29, 1.82) is 0 Å². The lowest BCUT2D eigenvalue weighted by molar-refractivity contribution is 0.0697. The van der Waals surface area contributed by atoms with Crippen molar-refractivity contribution < 1.29 is 9.90 Å². The Bertz CT molecular complexity index is 584. The van der Waals surface area contributed by atoms with Crippen LogP contribution in [-0.4, -0.2) is 11.1 Å². The van der Waals surface area contributed by atoms with Crippen molar-refractivity contribution in [3.05, 3.63) is 57.5 Å². The van der Waals surface area contributed by atoms with E-state index in [0.717, 1.165) is 14.3 Å². The molecule has 0 aliphatic carbocycles. The summed E-state index contributed by atoms with van der Waals surface area (Å²) in [6, 6.07) is 12.4. The summed E-state index contributed by atoms with van der Waals surface area (Å²) < 4.78 is 0.856. The van der Waals surface area contributed by atoms with Crippen LogP contribution in [0, 0.1) is 0 Å². The Morgan fingerprint density at radius 1 is 1.11 bits per heavy atom. The molecule has 0 heterocycles. The van der Waals surface area contributed by atoms with E-state index in [1.807, 2.05) is 18.2 Å². The average molecular weight is 344 g/mol. The van der Waals surface area contributed by atoms with Crippen molar-refractivity contribution in [2.45, 2.75) is 9.79 Å². The molecule has 0 unspecified atom stereocenters. The van der Waals surface area contributed by atoms with Crippen LogP contribution in [0.15, 0.2) is 56.7 Å². The van der Waals surface area contributed by atoms with Crippen LogP contribution in [0.5, 0.6) is 0 Å². The van der Waals surface area contributed by atoms with Gasteiger partial charge in [-0.25, -0.2) is 4.79 Å². The van der Waals surface area contributed by atoms with E-state index >= 15 is 0 Å². The van der Waals surface area contributed by atoms with Gasteiger partial charge in [0.1, 0.15) is 0 Å². The minimum absolute atomic E-state index is 0.285. The van der Waals surface area contributed by atoms with Crippen molar-refractivity contribution in [1.82, 2.24) is 0 Å². The molecule has 18 heavy (non-hydrogen) atoms. The van der Waals surface area contributed by atoms with E-state index in [1.54, 1.807) is 24.3 Å². The molecule has 5 heteroatoms. The molecule has 2 aromatic carbocycles. The van der Waals surface area contributed by atoms with Gasteiger partial charge in [0.15, 0.2) is 0 Å². The fourth-order valence-electron chi connectivity index (χ4n) is 1.34. The van der Waals surface area contributed by atoms with E-state index in [2.05, 4.69) is 15.9 Å². The van der Waals surface area contributed by atoms with Gasteiger partial charge in [-0.1, -0.05) is 23.4 Å². The number of hydrogen-bond donors (Lipinski definition) is 1. The van der Waals surface area contributed by atoms with Gasteiger partial charge in [-0.15, -0.1) is 0 Å². The highest BCUT2D eigenvalue weighted by molar-refractivity contribution is 9.10. The average Bonchev–Trinajstić information content (AvgIpc) is 2.34. The number of carboxylic acids is 1. The molecule has 0 saturated heterocycles. The fraction of sp³-hybridized carbons (Fsp3) is 0. The van der Waals surface area contributed by atoms with Crippen LogP contribution >= 0.6 is 39.3 Å². The van der Waals surface area contributed by atoms with Gasteiger partial charge in [-0.2, -0.15) is 0 Å². The summed E-state index contributed by atoms with van der Waals surface area (Å²) in [6.07, 6.45) is 0. The summed E-state index contributed by atoms with van der Waals surface area (Å²) in [5.41, 5.74) is 0.285. The highest BCUT2D eigenvalue weighted by Gasteiger charge is 2.04. The first kappa shape index (κ1) is 13.5. The first-order chi connectivity index (χ1) is 8.56. The molecular weight excluding hydrogens is 336 g/mol. The zero-order chi connectivity index (χ0) is 13.1. The predicted octanol–water partition coefficient (Wildman–Crippen LogP) is 4.95. The van der Waals surface area contributed by atoms with E-state index in [9.17, 15) is 4.79 Å². The number of rotatable bonds is 3. The van der Waals surface area contributed by atoms with Gasteiger partial charge in [-0.3, -0.25) is 0 Å². The van der Waals surface area contributed by atoms with Crippen molar-refractivity contribution in [3.8, 4) is 0 Å². The Kier molecular flexibility index (Phi) is 4.32. The van der Waals surface area contributed by atoms with E-state index in [1.165, 1.54) is 11.8 Å². The summed E-state index contributed by atoms with van der Waals surface area (Å²) >= 11 is 10.9. The highest BCUT2D eigenvalue weighted by Crippen LogP contribution is 2.32. The highest BCUT2D eigenvalue weighted by atomic mass is 79.9. The lowest BCUT2D eigenvalue weighted by Crippen LogP contribution is -1.94. The Morgan fingerprint density at radius 2 is 1.72 bits per heavy atom. The summed E-state index contributed by atoms with van der Waals surface area (Å²) in [7, 11) is 0. The normalized spacial score (nSPS) is 10.3. The minimum atomic E-state index is -0.918. The van der Waals surface area contributed by atoms with Crippen LogP contribution in [-0.2, 0) is 0 Å². The van der Waals surface area contributed by atoms with Gasteiger partial charge in [0.2, 0.25) is 0 Å². The predicted molar refractivity (Wildman–Crippen MR) is 76.7 cm³/mol. The minimum Gasteiger partial charge on any atom is -0.478 e. The van der Waals surface area contributed by atoms with E-state index in [4.69, 9.17) is 16.7 Å². The molecule has 0 atom stereocenters. The largest absolute Gasteiger partial charge is 0.478 e. The summed E-state index contributed by atoms with van der Waals surface area (Å²) in [6.45, 7) is 0. The van der Waals surface area contributed by atoms with Crippen LogP contribution in [0.2, 0.25) is 5.02 Å². The molecule has 0 saturated carbocycles. The standard InChI is InChI=1S/C13H8BrClO2S/c14-11-6-5-10(7-12(11)15)18-9-3-1-8(2-4-9)13(16)17/h1-7H,(H,16,17). The third-order valence-electron chi connectivity index (χ3n) is 2.23. The lowest BCUT2D eigenvalue weighted by atomic mass is 10.2. The Balaban J connectivity index is 2.18. The molecule has 1 N–H and O–H groups in total. The number of halogens is 2. The smallest absolute Gasteiger partial charge is 0.335 e. The van der Waals surface area contributed by atoms with Gasteiger partial charge in [0, 0.05) is 14.3 Å². The first-order valence-electron chi connectivity index (χ1n) is 5.02. The molecule has 0 amide bonds. The molecule has 0 aromatic heterocycles. The van der Waals surface area contributed by atoms with Crippen LogP contribution < -0.4 is 0 Å². The molecule has 0 spiro atoms. The molecular formula is C13H8BrClO2S. The number of carboxylic acid groups (broad SMARTS) is 1. The van der Waals surface area contributed by atoms with Crippen molar-refractivity contribution >= 4 is 45.3 Å². The third kappa shape index (κ3) is 3.28. The maximum atomic E-state index is 10.7. The second-order valence-corrected chi connectivity index (χ2v) is 5.92. The zero-order valence-corrected chi connectivity index (χ0v) is 12.2. The molecule has 0 aliphatic rings. The Morgan fingerprint density at radius 3 is 2.28 bits per heavy atom. The van der Waals surface area contributed by atoms with E-state index in [-0.39, 0.29) is 5.56 Å². The molecule has 2 rings (SSSR count). The molecule has 92 valence electrons. The Hall–Kier alpha value is -0.970. The van der Waals surface area contributed by atoms with Gasteiger partial charge in [0.25, 0.3) is 0 Å². The molecule has 2 aromatic rings. The van der Waals surface area contributed by atoms with Crippen molar-refractivity contribution in [3.63, 3.8) is 0 Å². The molecule has 2 nitrogen and oxygen atoms in total. The summed E-state index contributed by atoms with van der Waals surface area (Å²) in [5.74, 6) is -0.918. The zero-order valence-electron chi connectivity index (χ0n) is 9.06. The van der Waals surface area contributed by atoms with Gasteiger partial charge in [-0.05, 0) is 58.4 Å². The maximum Gasteiger partial charge on any atom is 0.335 e. The van der Waals surface area contributed by atoms with Gasteiger partial charge < -0.3 is 5.11 Å². The molecule has 0 radical (unpaired) electrons. The quantitative estimate of drug-likeness (QED) is 0.856. The lowest BCUT2D eigenvalue weighted by Gasteiger charge is -2.04. The van der Waals surface area contributed by atoms with Crippen LogP contribution in [0.4, 0.5) is 0 Å². The SMILES string of the molecule is O=C(O)c1ccc(Sc2ccc(Br)c(Cl)c2)cc1. The number of aromatic carboxylic acids is 1. The van der Waals surface area contributed by atoms with E-state index in [0.29, 0.717) is 5.02 Å². The monoisotopic (exact) mass is 342 g/mol. The van der Waals surface area contributed by atoms with Crippen molar-refractivity contribution in [2.75, 3.05) is 0 Å². The van der Waals surface area contributed by atoms with Crippen LogP contribution in [0.25, 0.3) is 0 Å². The molecule has 0 aliphatic heterocycles. The van der Waals surface area contributed by atoms with Crippen LogP contribution in [0.3, 0.4) is 0 Å². The van der Waals surface area contributed by atoms with Gasteiger partial charge >= 0.3 is 5.97 Å². The van der Waals surface area contributed by atoms with Crippen LogP contribution in [0.1, 0.15) is 10.4 Å². The fourth-order valence-corrected chi connectivity index (χ4v) is 2.69. The second-order valence-electron chi connectivity index (χ2n) is 3.51. The van der Waals surface area contributed by atoms with Gasteiger partial charge in [0.05, 0.1) is 10.6 Å². The first-order valence-corrected chi connectivity index (χ1v) is 7.01. The topological polar surface area (TPSA) is 37.3 Å². The number of carbonyl (C=O) groups is 1. The third-order valence-corrected chi connectivity index (χ3v) is 4.46. The number of benzene rings is 2. The molecule has 0 bridgehead atoms. The summed E-state index contributed by atoms with van der Waals surface area (Å²) in [4.78, 5) is 12.7. The maximum absolute atomic E-state index is 10.7. The second kappa shape index (κ2) is 5.78. The number of hydrogen-bond acceptors (Lipinski definition) is 2. The summed E-state index contributed by atoms with van der Waals surface area (Å²) in [5, 5.41) is 9.46. The van der Waals surface area contributed by atoms with Crippen molar-refractivity contribution in [2.24, 2.45) is 0 Å².